The first-order valence-electron chi connectivity index (χ1n) is 7.09. The molecule has 7 nitrogen and oxygen atoms in total. The first-order chi connectivity index (χ1) is 11.5. The van der Waals surface area contributed by atoms with Crippen molar-refractivity contribution in [3.05, 3.63) is 47.5 Å². The van der Waals surface area contributed by atoms with Crippen LogP contribution in [-0.2, 0) is 11.2 Å². The number of benzene rings is 2. The molecule has 3 N–H and O–H groups in total. The maximum absolute atomic E-state index is 11.9. The average molecular weight is 330 g/mol. The molecule has 0 aliphatic heterocycles. The zero-order valence-electron chi connectivity index (χ0n) is 13.3. The minimum Gasteiger partial charge on any atom is -0.504 e. The van der Waals surface area contributed by atoms with Crippen LogP contribution in [0.2, 0.25) is 0 Å². The Bertz CT molecular complexity index is 759. The van der Waals surface area contributed by atoms with Crippen molar-refractivity contribution in [3.63, 3.8) is 0 Å². The molecule has 24 heavy (non-hydrogen) atoms. The maximum Gasteiger partial charge on any atom is 0.244 e. The van der Waals surface area contributed by atoms with Crippen molar-refractivity contribution in [1.82, 2.24) is 5.43 Å². The molecule has 126 valence electrons. The summed E-state index contributed by atoms with van der Waals surface area (Å²) >= 11 is 0. The van der Waals surface area contributed by atoms with Crippen LogP contribution in [0, 0.1) is 0 Å². The molecule has 0 fully saturated rings. The summed E-state index contributed by atoms with van der Waals surface area (Å²) in [7, 11) is 3.06. The van der Waals surface area contributed by atoms with E-state index in [4.69, 9.17) is 9.47 Å². The molecule has 0 aromatic heterocycles. The van der Waals surface area contributed by atoms with E-state index in [1.165, 1.54) is 26.5 Å². The number of methoxy groups -OCH3 is 2. The summed E-state index contributed by atoms with van der Waals surface area (Å²) in [5.41, 5.74) is 3.39. The second-order valence-electron chi connectivity index (χ2n) is 4.87. The molecule has 0 spiro atoms. The number of hydrogen-bond donors (Lipinski definition) is 3. The highest BCUT2D eigenvalue weighted by Crippen LogP contribution is 2.28. The number of phenols is 2. The molecule has 0 aliphatic carbocycles. The van der Waals surface area contributed by atoms with E-state index < -0.39 is 0 Å². The van der Waals surface area contributed by atoms with E-state index in [1.54, 1.807) is 30.3 Å². The van der Waals surface area contributed by atoms with E-state index in [9.17, 15) is 15.0 Å². The van der Waals surface area contributed by atoms with Gasteiger partial charge in [0.25, 0.3) is 0 Å². The lowest BCUT2D eigenvalue weighted by atomic mass is 10.1. The zero-order chi connectivity index (χ0) is 17.5. The Morgan fingerprint density at radius 2 is 1.92 bits per heavy atom. The number of amides is 1. The zero-order valence-corrected chi connectivity index (χ0v) is 13.3. The van der Waals surface area contributed by atoms with Gasteiger partial charge in [0.1, 0.15) is 0 Å². The summed E-state index contributed by atoms with van der Waals surface area (Å²) in [5.74, 6) is 0.235. The number of carbonyl (C=O) groups excluding carboxylic acids is 1. The monoisotopic (exact) mass is 330 g/mol. The van der Waals surface area contributed by atoms with Gasteiger partial charge in [-0.3, -0.25) is 4.79 Å². The molecular weight excluding hydrogens is 312 g/mol. The first kappa shape index (κ1) is 17.1. The van der Waals surface area contributed by atoms with E-state index in [0.29, 0.717) is 17.1 Å². The smallest absolute Gasteiger partial charge is 0.244 e. The predicted octanol–water partition coefficient (Wildman–Crippen LogP) is 1.81. The second kappa shape index (κ2) is 7.87. The molecule has 0 aliphatic rings. The van der Waals surface area contributed by atoms with Gasteiger partial charge in [0.2, 0.25) is 5.91 Å². The maximum atomic E-state index is 11.9. The summed E-state index contributed by atoms with van der Waals surface area (Å²) in [6, 6.07) is 9.65. The Labute approximate surface area is 139 Å². The number of phenolic OH excluding ortho intramolecular Hbond substituents is 2. The van der Waals surface area contributed by atoms with Crippen LogP contribution in [0.5, 0.6) is 23.0 Å². The predicted molar refractivity (Wildman–Crippen MR) is 88.8 cm³/mol. The lowest BCUT2D eigenvalue weighted by Crippen LogP contribution is -2.19. The minimum atomic E-state index is -0.335. The van der Waals surface area contributed by atoms with Crippen LogP contribution in [0.3, 0.4) is 0 Å². The van der Waals surface area contributed by atoms with Crippen molar-refractivity contribution >= 4 is 12.1 Å². The summed E-state index contributed by atoms with van der Waals surface area (Å²) in [5, 5.41) is 22.8. The third-order valence-corrected chi connectivity index (χ3v) is 3.25. The molecule has 2 aromatic carbocycles. The number of carbonyl (C=O) groups is 1. The summed E-state index contributed by atoms with van der Waals surface area (Å²) in [6.07, 6.45) is 1.35. The molecule has 0 bridgehead atoms. The van der Waals surface area contributed by atoms with Crippen LogP contribution < -0.4 is 14.9 Å². The first-order valence-corrected chi connectivity index (χ1v) is 7.09. The quantitative estimate of drug-likeness (QED) is 0.426. The number of hydrogen-bond acceptors (Lipinski definition) is 6. The number of para-hydroxylation sites is 1. The Morgan fingerprint density at radius 3 is 2.62 bits per heavy atom. The molecule has 0 unspecified atom stereocenters. The fraction of sp³-hybridized carbons (Fsp3) is 0.176. The van der Waals surface area contributed by atoms with Crippen molar-refractivity contribution in [3.8, 4) is 23.0 Å². The van der Waals surface area contributed by atoms with Gasteiger partial charge in [0.05, 0.1) is 26.9 Å². The summed E-state index contributed by atoms with van der Waals surface area (Å²) in [4.78, 5) is 11.9. The molecule has 2 aromatic rings. The molecule has 2 rings (SSSR count). The third kappa shape index (κ3) is 4.16. The Hall–Kier alpha value is -3.22. The van der Waals surface area contributed by atoms with Gasteiger partial charge in [0.15, 0.2) is 23.0 Å². The standard InChI is InChI=1S/C17H18N2O5/c1-23-14-7-6-11(8-15(14)24-2)9-16(21)19-18-10-12-4-3-5-13(20)17(12)22/h3-8,10,20,22H,9H2,1-2H3,(H,19,21)/b18-10+. The summed E-state index contributed by atoms with van der Waals surface area (Å²) < 4.78 is 10.3. The largest absolute Gasteiger partial charge is 0.504 e. The average Bonchev–Trinajstić information content (AvgIpc) is 2.58. The van der Waals surface area contributed by atoms with Crippen molar-refractivity contribution < 1.29 is 24.5 Å². The van der Waals surface area contributed by atoms with Crippen LogP contribution in [-0.4, -0.2) is 36.6 Å². The van der Waals surface area contributed by atoms with E-state index in [-0.39, 0.29) is 23.8 Å². The highest BCUT2D eigenvalue weighted by molar-refractivity contribution is 5.86. The van der Waals surface area contributed by atoms with Gasteiger partial charge in [0, 0.05) is 5.56 Å². The number of rotatable bonds is 6. The van der Waals surface area contributed by atoms with Crippen LogP contribution in [0.25, 0.3) is 0 Å². The molecule has 0 saturated carbocycles. The lowest BCUT2D eigenvalue weighted by molar-refractivity contribution is -0.120. The fourth-order valence-electron chi connectivity index (χ4n) is 2.04. The number of aromatic hydroxyl groups is 2. The highest BCUT2D eigenvalue weighted by atomic mass is 16.5. The molecule has 0 heterocycles. The molecule has 0 radical (unpaired) electrons. The van der Waals surface area contributed by atoms with Gasteiger partial charge < -0.3 is 19.7 Å². The normalized spacial score (nSPS) is 10.6. The van der Waals surface area contributed by atoms with E-state index in [0.717, 1.165) is 5.56 Å². The van der Waals surface area contributed by atoms with Crippen molar-refractivity contribution in [2.24, 2.45) is 5.10 Å². The minimum absolute atomic E-state index is 0.101. The van der Waals surface area contributed by atoms with Gasteiger partial charge in [-0.05, 0) is 29.8 Å². The third-order valence-electron chi connectivity index (χ3n) is 3.25. The van der Waals surface area contributed by atoms with Gasteiger partial charge in [-0.1, -0.05) is 12.1 Å². The lowest BCUT2D eigenvalue weighted by Gasteiger charge is -2.09. The van der Waals surface area contributed by atoms with E-state index in [1.807, 2.05) is 0 Å². The Kier molecular flexibility index (Phi) is 5.62. The Morgan fingerprint density at radius 1 is 1.17 bits per heavy atom. The second-order valence-corrected chi connectivity index (χ2v) is 4.87. The van der Waals surface area contributed by atoms with Gasteiger partial charge >= 0.3 is 0 Å². The SMILES string of the molecule is COc1ccc(CC(=O)N/N=C/c2cccc(O)c2O)cc1OC. The molecule has 7 heteroatoms. The van der Waals surface area contributed by atoms with E-state index >= 15 is 0 Å². The summed E-state index contributed by atoms with van der Waals surface area (Å²) in [6.45, 7) is 0. The van der Waals surface area contributed by atoms with Gasteiger partial charge in [-0.15, -0.1) is 0 Å². The Balaban J connectivity index is 1.98. The number of hydrazone groups is 1. The van der Waals surface area contributed by atoms with Crippen LogP contribution in [0.1, 0.15) is 11.1 Å². The van der Waals surface area contributed by atoms with Crippen molar-refractivity contribution in [2.45, 2.75) is 6.42 Å². The van der Waals surface area contributed by atoms with Crippen LogP contribution in [0.15, 0.2) is 41.5 Å². The molecular formula is C17H18N2O5. The van der Waals surface area contributed by atoms with Crippen molar-refractivity contribution in [2.75, 3.05) is 14.2 Å². The number of ether oxygens (including phenoxy) is 2. The topological polar surface area (TPSA) is 100 Å². The van der Waals surface area contributed by atoms with Crippen LogP contribution in [0.4, 0.5) is 0 Å². The molecule has 0 saturated heterocycles. The van der Waals surface area contributed by atoms with Gasteiger partial charge in [-0.2, -0.15) is 5.10 Å². The van der Waals surface area contributed by atoms with Crippen molar-refractivity contribution in [1.29, 1.82) is 0 Å². The van der Waals surface area contributed by atoms with Crippen LogP contribution >= 0.6 is 0 Å². The number of nitrogens with one attached hydrogen (secondary N) is 1. The molecule has 0 atom stereocenters. The molecule has 1 amide bonds. The fourth-order valence-corrected chi connectivity index (χ4v) is 2.04. The van der Waals surface area contributed by atoms with Gasteiger partial charge in [-0.25, -0.2) is 5.43 Å². The highest BCUT2D eigenvalue weighted by Gasteiger charge is 2.08. The number of nitrogens with zero attached hydrogens (tertiary/aromatic N) is 1. The van der Waals surface area contributed by atoms with E-state index in [2.05, 4.69) is 10.5 Å².